The summed E-state index contributed by atoms with van der Waals surface area (Å²) in [5, 5.41) is 5.05. The van der Waals surface area contributed by atoms with Crippen molar-refractivity contribution < 1.29 is 42.8 Å². The first-order valence-corrected chi connectivity index (χ1v) is 24.6. The molecule has 9 rings (SSSR count). The van der Waals surface area contributed by atoms with E-state index in [0.29, 0.717) is 75.9 Å². The van der Waals surface area contributed by atoms with Gasteiger partial charge in [0, 0.05) is 62.2 Å². The van der Waals surface area contributed by atoms with Gasteiger partial charge >= 0.3 is 18.0 Å². The van der Waals surface area contributed by atoms with E-state index in [9.17, 15) is 14.4 Å². The van der Waals surface area contributed by atoms with Crippen LogP contribution in [0, 0.1) is 23.2 Å². The molecule has 0 spiro atoms. The third-order valence-electron chi connectivity index (χ3n) is 14.3. The molecule has 2 aromatic carbocycles. The second-order valence-corrected chi connectivity index (χ2v) is 23.0. The van der Waals surface area contributed by atoms with Crippen LogP contribution in [0.3, 0.4) is 0 Å². The SMILES string of the molecule is COCCN(CCOC12CC3(C)CC(C)(CC(Cn4ncc(-c5ccc(N6CCc7c(OCc8ccccc8)ccc(C(=O)OC)c7C6)nc5C(=O)OC(C)(C)C)c4C)(C3)C1)C2)C(=O)OC(C)(C)C. The Morgan fingerprint density at radius 1 is 0.768 bits per heavy atom. The molecule has 1 amide bonds. The van der Waals surface area contributed by atoms with E-state index >= 15 is 0 Å². The van der Waals surface area contributed by atoms with E-state index in [1.807, 2.05) is 96.3 Å². The van der Waals surface area contributed by atoms with Gasteiger partial charge < -0.3 is 38.2 Å². The molecule has 4 aliphatic carbocycles. The van der Waals surface area contributed by atoms with Gasteiger partial charge in [0.05, 0.1) is 37.7 Å². The number of pyridine rings is 1. The Kier molecular flexibility index (Phi) is 13.8. The number of nitrogens with zero attached hydrogens (tertiary/aromatic N) is 5. The van der Waals surface area contributed by atoms with Crippen LogP contribution in [0.5, 0.6) is 5.75 Å². The average molecular weight is 948 g/mol. The van der Waals surface area contributed by atoms with E-state index in [1.165, 1.54) is 7.11 Å². The molecule has 2 unspecified atom stereocenters. The van der Waals surface area contributed by atoms with Crippen molar-refractivity contribution in [3.05, 3.63) is 94.4 Å². The van der Waals surface area contributed by atoms with Gasteiger partial charge in [0.2, 0.25) is 0 Å². The number of fused-ring (bicyclic) bond motifs is 1. The Hall–Kier alpha value is -5.47. The Morgan fingerprint density at radius 3 is 2.13 bits per heavy atom. The largest absolute Gasteiger partial charge is 0.489 e. The van der Waals surface area contributed by atoms with Gasteiger partial charge in [0.25, 0.3) is 0 Å². The summed E-state index contributed by atoms with van der Waals surface area (Å²) in [6.45, 7) is 21.8. The zero-order valence-electron chi connectivity index (χ0n) is 42.8. The first kappa shape index (κ1) is 49.9. The Morgan fingerprint density at radius 2 is 1.46 bits per heavy atom. The second kappa shape index (κ2) is 19.0. The third kappa shape index (κ3) is 11.1. The molecule has 0 N–H and O–H groups in total. The highest BCUT2D eigenvalue weighted by molar-refractivity contribution is 5.96. The molecule has 4 aromatic rings. The molecule has 14 heteroatoms. The van der Waals surface area contributed by atoms with Crippen molar-refractivity contribution in [2.75, 3.05) is 52.0 Å². The second-order valence-electron chi connectivity index (χ2n) is 23.0. The number of hydrogen-bond donors (Lipinski definition) is 0. The monoisotopic (exact) mass is 948 g/mol. The summed E-state index contributed by atoms with van der Waals surface area (Å²) in [5.74, 6) is 0.373. The highest BCUT2D eigenvalue weighted by Crippen LogP contribution is 2.72. The lowest BCUT2D eigenvalue weighted by Crippen LogP contribution is -2.64. The minimum absolute atomic E-state index is 0.0661. The van der Waals surface area contributed by atoms with Crippen LogP contribution in [0.2, 0.25) is 0 Å². The molecule has 4 saturated carbocycles. The van der Waals surface area contributed by atoms with E-state index in [0.717, 1.165) is 72.2 Å². The molecular weight excluding hydrogens is 875 g/mol. The minimum atomic E-state index is -0.762. The maximum atomic E-state index is 14.2. The molecule has 372 valence electrons. The molecule has 1 aliphatic heterocycles. The van der Waals surface area contributed by atoms with E-state index < -0.39 is 23.1 Å². The molecule has 4 fully saturated rings. The van der Waals surface area contributed by atoms with E-state index in [1.54, 1.807) is 18.1 Å². The fraction of sp³-hybridized carbons (Fsp3) is 0.582. The fourth-order valence-corrected chi connectivity index (χ4v) is 12.9. The molecule has 0 saturated heterocycles. The van der Waals surface area contributed by atoms with Gasteiger partial charge in [-0.05, 0) is 145 Å². The number of carbonyl (C=O) groups is 3. The highest BCUT2D eigenvalue weighted by atomic mass is 16.6. The number of carbonyl (C=O) groups excluding carboxylic acids is 3. The van der Waals surface area contributed by atoms with Crippen LogP contribution < -0.4 is 9.64 Å². The van der Waals surface area contributed by atoms with Crippen LogP contribution in [0.25, 0.3) is 11.1 Å². The lowest BCUT2D eigenvalue weighted by Gasteiger charge is -2.69. The Labute approximate surface area is 408 Å². The summed E-state index contributed by atoms with van der Waals surface area (Å²) in [6.07, 6.45) is 8.26. The van der Waals surface area contributed by atoms with Crippen LogP contribution in [0.15, 0.2) is 60.8 Å². The number of hydrogen-bond acceptors (Lipinski definition) is 12. The normalized spacial score (nSPS) is 23.9. The van der Waals surface area contributed by atoms with E-state index in [4.69, 9.17) is 38.5 Å². The van der Waals surface area contributed by atoms with Crippen LogP contribution >= 0.6 is 0 Å². The first-order chi connectivity index (χ1) is 32.5. The van der Waals surface area contributed by atoms with Crippen molar-refractivity contribution in [1.82, 2.24) is 19.7 Å². The van der Waals surface area contributed by atoms with Gasteiger partial charge in [-0.15, -0.1) is 0 Å². The minimum Gasteiger partial charge on any atom is -0.489 e. The predicted molar refractivity (Wildman–Crippen MR) is 263 cm³/mol. The van der Waals surface area contributed by atoms with Gasteiger partial charge in [0.1, 0.15) is 29.4 Å². The van der Waals surface area contributed by atoms with Crippen LogP contribution in [0.4, 0.5) is 10.6 Å². The number of benzene rings is 2. The third-order valence-corrected chi connectivity index (χ3v) is 14.3. The maximum Gasteiger partial charge on any atom is 0.410 e. The van der Waals surface area contributed by atoms with Crippen molar-refractivity contribution in [3.63, 3.8) is 0 Å². The van der Waals surface area contributed by atoms with Crippen LogP contribution in [-0.2, 0) is 49.8 Å². The number of amides is 1. The molecule has 0 radical (unpaired) electrons. The van der Waals surface area contributed by atoms with Crippen LogP contribution in [0.1, 0.15) is 137 Å². The Bertz CT molecular complexity index is 2520. The first-order valence-electron chi connectivity index (χ1n) is 24.6. The summed E-state index contributed by atoms with van der Waals surface area (Å²) in [7, 11) is 3.02. The topological polar surface area (TPSA) is 144 Å². The summed E-state index contributed by atoms with van der Waals surface area (Å²) < 4.78 is 37.8. The quantitative estimate of drug-likeness (QED) is 0.0779. The van der Waals surface area contributed by atoms with Gasteiger partial charge in [-0.3, -0.25) is 4.68 Å². The summed E-state index contributed by atoms with van der Waals surface area (Å²) in [4.78, 5) is 49.4. The molecule has 4 bridgehead atoms. The molecule has 69 heavy (non-hydrogen) atoms. The number of aromatic nitrogens is 3. The van der Waals surface area contributed by atoms with Gasteiger partial charge in [-0.1, -0.05) is 44.2 Å². The van der Waals surface area contributed by atoms with Crippen molar-refractivity contribution in [3.8, 4) is 16.9 Å². The fourth-order valence-electron chi connectivity index (χ4n) is 12.9. The lowest BCUT2D eigenvalue weighted by atomic mass is 9.39. The molecule has 5 aliphatic rings. The van der Waals surface area contributed by atoms with E-state index in [-0.39, 0.29) is 33.6 Å². The maximum absolute atomic E-state index is 14.2. The van der Waals surface area contributed by atoms with Crippen molar-refractivity contribution in [2.45, 2.75) is 144 Å². The van der Waals surface area contributed by atoms with E-state index in [2.05, 4.69) is 30.4 Å². The van der Waals surface area contributed by atoms with Gasteiger partial charge in [-0.25, -0.2) is 19.4 Å². The van der Waals surface area contributed by atoms with Crippen LogP contribution in [-0.4, -0.2) is 102 Å². The molecular formula is C55H73N5O9. The van der Waals surface area contributed by atoms with Crippen molar-refractivity contribution in [1.29, 1.82) is 0 Å². The number of rotatable bonds is 16. The molecule has 14 nitrogen and oxygen atoms in total. The predicted octanol–water partition coefficient (Wildman–Crippen LogP) is 10.2. The zero-order chi connectivity index (χ0) is 49.6. The molecule has 3 heterocycles. The lowest BCUT2D eigenvalue weighted by molar-refractivity contribution is -0.248. The summed E-state index contributed by atoms with van der Waals surface area (Å²) >= 11 is 0. The Balaban J connectivity index is 1.05. The highest BCUT2D eigenvalue weighted by Gasteiger charge is 2.66. The number of anilines is 1. The zero-order valence-corrected chi connectivity index (χ0v) is 42.8. The molecule has 2 aromatic heterocycles. The number of esters is 2. The summed E-state index contributed by atoms with van der Waals surface area (Å²) in [5.41, 5.74) is 4.34. The number of ether oxygens (including phenoxy) is 6. The smallest absolute Gasteiger partial charge is 0.410 e. The van der Waals surface area contributed by atoms with Crippen molar-refractivity contribution >= 4 is 23.8 Å². The number of methoxy groups -OCH3 is 2. The standard InChI is InChI=1S/C55H73N5O9/c1-37-42(27-56-60(37)36-54-31-52(8)30-53(9,32-54)34-55(33-52,35-54)67-26-24-58(23-25-64-10)49(63)69-51(5,6)7)40-18-20-45(57-46(40)48(62)68-50(2,3)4)59-22-21-39-43(28-59)41(47(61)65-11)17-19-44(39)66-29-38-15-13-12-14-16-38/h12-20,27H,21-26,28-36H2,1-11H3. The molecule has 2 atom stereocenters. The van der Waals surface area contributed by atoms with Crippen molar-refractivity contribution in [2.24, 2.45) is 16.2 Å². The van der Waals surface area contributed by atoms with Gasteiger partial charge in [-0.2, -0.15) is 5.10 Å². The average Bonchev–Trinajstić information content (AvgIpc) is 3.61. The summed E-state index contributed by atoms with van der Waals surface area (Å²) in [6, 6.07) is 17.5. The van der Waals surface area contributed by atoms with Gasteiger partial charge in [0.15, 0.2) is 5.69 Å².